The molecule has 0 atom stereocenters. The molecule has 0 unspecified atom stereocenters. The molecule has 1 aromatic carbocycles. The van der Waals surface area contributed by atoms with Crippen LogP contribution < -0.4 is 5.32 Å². The summed E-state index contributed by atoms with van der Waals surface area (Å²) in [5.41, 5.74) is 1.36. The molecule has 7 nitrogen and oxygen atoms in total. The Kier molecular flexibility index (Phi) is 4.93. The highest BCUT2D eigenvalue weighted by atomic mass is 35.5. The molecule has 1 N–H and O–H groups in total. The fourth-order valence-electron chi connectivity index (χ4n) is 2.19. The van der Waals surface area contributed by atoms with Crippen molar-refractivity contribution in [2.24, 2.45) is 0 Å². The Morgan fingerprint density at radius 2 is 2.00 bits per heavy atom. The lowest BCUT2D eigenvalue weighted by molar-refractivity contribution is 0.101. The van der Waals surface area contributed by atoms with Crippen LogP contribution in [0.2, 0.25) is 5.02 Å². The highest BCUT2D eigenvalue weighted by Gasteiger charge is 2.14. The smallest absolute Gasteiger partial charge is 0.277 e. The van der Waals surface area contributed by atoms with Crippen molar-refractivity contribution < 1.29 is 9.53 Å². The van der Waals surface area contributed by atoms with Crippen LogP contribution in [0.1, 0.15) is 16.1 Å². The first-order valence-corrected chi connectivity index (χ1v) is 7.64. The Morgan fingerprint density at radius 3 is 2.75 bits per heavy atom. The summed E-state index contributed by atoms with van der Waals surface area (Å²) < 4.78 is 8.15. The Morgan fingerprint density at radius 1 is 1.21 bits per heavy atom. The average Bonchev–Trinajstić information content (AvgIpc) is 3.16. The minimum atomic E-state index is -0.378. The standard InChI is InChI=1S/C16H16ClN5O2/c1-24-11-21-8-7-14(19-21)16(23)18-15-13(17)10-22(20-15)9-12-5-3-2-4-6-12/h2-8,10H,9,11H2,1H3,(H,18,20,23). The number of aromatic nitrogens is 4. The van der Waals surface area contributed by atoms with Gasteiger partial charge >= 0.3 is 0 Å². The number of nitrogens with one attached hydrogen (secondary N) is 1. The molecule has 2 aromatic heterocycles. The third kappa shape index (κ3) is 3.81. The van der Waals surface area contributed by atoms with Gasteiger partial charge in [-0.3, -0.25) is 9.48 Å². The fraction of sp³-hybridized carbons (Fsp3) is 0.188. The number of halogens is 1. The van der Waals surface area contributed by atoms with Gasteiger partial charge in [0.1, 0.15) is 11.8 Å². The Balaban J connectivity index is 1.69. The highest BCUT2D eigenvalue weighted by Crippen LogP contribution is 2.20. The number of hydrogen-bond donors (Lipinski definition) is 1. The summed E-state index contributed by atoms with van der Waals surface area (Å²) in [4.78, 5) is 12.2. The third-order valence-corrected chi connectivity index (χ3v) is 3.55. The Hall–Kier alpha value is -2.64. The zero-order chi connectivity index (χ0) is 16.9. The monoisotopic (exact) mass is 345 g/mol. The van der Waals surface area contributed by atoms with Gasteiger partial charge in [-0.25, -0.2) is 4.68 Å². The minimum Gasteiger partial charge on any atom is -0.362 e. The summed E-state index contributed by atoms with van der Waals surface area (Å²) in [7, 11) is 1.56. The number of carbonyl (C=O) groups excluding carboxylic acids is 1. The van der Waals surface area contributed by atoms with Gasteiger partial charge in [0.25, 0.3) is 5.91 Å². The lowest BCUT2D eigenvalue weighted by atomic mass is 10.2. The van der Waals surface area contributed by atoms with E-state index in [-0.39, 0.29) is 18.3 Å². The number of ether oxygens (including phenoxy) is 1. The van der Waals surface area contributed by atoms with Gasteiger partial charge in [-0.2, -0.15) is 10.2 Å². The predicted molar refractivity (Wildman–Crippen MR) is 90.0 cm³/mol. The molecule has 0 saturated carbocycles. The number of carbonyl (C=O) groups is 1. The van der Waals surface area contributed by atoms with E-state index in [1.807, 2.05) is 30.3 Å². The third-order valence-electron chi connectivity index (χ3n) is 3.27. The SMILES string of the molecule is COCn1ccc(C(=O)Nc2nn(Cc3ccccc3)cc2Cl)n1. The molecule has 1 amide bonds. The van der Waals surface area contributed by atoms with Crippen molar-refractivity contribution in [2.45, 2.75) is 13.3 Å². The molecule has 3 aromatic rings. The molecule has 2 heterocycles. The van der Waals surface area contributed by atoms with Crippen LogP contribution in [0.25, 0.3) is 0 Å². The van der Waals surface area contributed by atoms with Gasteiger partial charge in [-0.1, -0.05) is 41.9 Å². The van der Waals surface area contributed by atoms with E-state index in [9.17, 15) is 4.79 Å². The van der Waals surface area contributed by atoms with E-state index in [1.54, 1.807) is 30.3 Å². The van der Waals surface area contributed by atoms with Gasteiger partial charge < -0.3 is 10.1 Å². The van der Waals surface area contributed by atoms with Gasteiger partial charge in [0, 0.05) is 19.5 Å². The normalized spacial score (nSPS) is 10.8. The van der Waals surface area contributed by atoms with E-state index in [4.69, 9.17) is 16.3 Å². The topological polar surface area (TPSA) is 74.0 Å². The maximum Gasteiger partial charge on any atom is 0.277 e. The Bertz CT molecular complexity index is 828. The van der Waals surface area contributed by atoms with Crippen molar-refractivity contribution in [1.82, 2.24) is 19.6 Å². The van der Waals surface area contributed by atoms with E-state index < -0.39 is 0 Å². The molecule has 0 saturated heterocycles. The molecule has 0 aliphatic heterocycles. The maximum absolute atomic E-state index is 12.2. The van der Waals surface area contributed by atoms with Gasteiger partial charge in [0.2, 0.25) is 0 Å². The molecule has 0 fully saturated rings. The van der Waals surface area contributed by atoms with Crippen LogP contribution in [0, 0.1) is 0 Å². The zero-order valence-electron chi connectivity index (χ0n) is 13.0. The lowest BCUT2D eigenvalue weighted by Gasteiger charge is -2.02. The van der Waals surface area contributed by atoms with Crippen molar-refractivity contribution in [3.05, 3.63) is 65.1 Å². The van der Waals surface area contributed by atoms with E-state index in [0.29, 0.717) is 17.4 Å². The van der Waals surface area contributed by atoms with Crippen LogP contribution in [0.3, 0.4) is 0 Å². The van der Waals surface area contributed by atoms with E-state index in [1.165, 1.54) is 4.68 Å². The largest absolute Gasteiger partial charge is 0.362 e. The summed E-state index contributed by atoms with van der Waals surface area (Å²) in [6, 6.07) is 11.5. The summed E-state index contributed by atoms with van der Waals surface area (Å²) in [5.74, 6) is -0.0735. The fourth-order valence-corrected chi connectivity index (χ4v) is 2.39. The number of methoxy groups -OCH3 is 1. The van der Waals surface area contributed by atoms with Crippen LogP contribution in [0.5, 0.6) is 0 Å². The number of anilines is 1. The molecule has 0 aliphatic carbocycles. The molecule has 0 aliphatic rings. The summed E-state index contributed by atoms with van der Waals surface area (Å²) in [5, 5.41) is 11.4. The van der Waals surface area contributed by atoms with Crippen LogP contribution in [-0.2, 0) is 18.0 Å². The van der Waals surface area contributed by atoms with Gasteiger partial charge in [-0.15, -0.1) is 0 Å². The quantitative estimate of drug-likeness (QED) is 0.745. The van der Waals surface area contributed by atoms with E-state index in [0.717, 1.165) is 5.56 Å². The van der Waals surface area contributed by atoms with Crippen molar-refractivity contribution in [1.29, 1.82) is 0 Å². The molecular formula is C16H16ClN5O2. The van der Waals surface area contributed by atoms with Crippen molar-refractivity contribution in [2.75, 3.05) is 12.4 Å². The number of benzene rings is 1. The van der Waals surface area contributed by atoms with E-state index in [2.05, 4.69) is 15.5 Å². The molecule has 0 spiro atoms. The lowest BCUT2D eigenvalue weighted by Crippen LogP contribution is -2.14. The predicted octanol–water partition coefficient (Wildman–Crippen LogP) is 2.64. The van der Waals surface area contributed by atoms with Gasteiger partial charge in [0.05, 0.1) is 6.54 Å². The highest BCUT2D eigenvalue weighted by molar-refractivity contribution is 6.33. The second kappa shape index (κ2) is 7.29. The Labute approximate surface area is 143 Å². The molecule has 0 radical (unpaired) electrons. The first-order valence-electron chi connectivity index (χ1n) is 7.26. The van der Waals surface area contributed by atoms with Gasteiger partial charge in [-0.05, 0) is 11.6 Å². The average molecular weight is 346 g/mol. The van der Waals surface area contributed by atoms with Gasteiger partial charge in [0.15, 0.2) is 11.5 Å². The molecule has 124 valence electrons. The molecule has 0 bridgehead atoms. The summed E-state index contributed by atoms with van der Waals surface area (Å²) >= 11 is 6.15. The molecule has 3 rings (SSSR count). The number of hydrogen-bond acceptors (Lipinski definition) is 4. The van der Waals surface area contributed by atoms with E-state index >= 15 is 0 Å². The molecule has 8 heteroatoms. The zero-order valence-corrected chi connectivity index (χ0v) is 13.8. The van der Waals surface area contributed by atoms with Crippen molar-refractivity contribution >= 4 is 23.3 Å². The van der Waals surface area contributed by atoms with Crippen LogP contribution in [-0.4, -0.2) is 32.6 Å². The second-order valence-corrected chi connectivity index (χ2v) is 5.53. The van der Waals surface area contributed by atoms with Crippen LogP contribution >= 0.6 is 11.6 Å². The van der Waals surface area contributed by atoms with Crippen LogP contribution in [0.4, 0.5) is 5.82 Å². The first-order chi connectivity index (χ1) is 11.7. The molecule has 24 heavy (non-hydrogen) atoms. The maximum atomic E-state index is 12.2. The number of rotatable bonds is 6. The van der Waals surface area contributed by atoms with Crippen molar-refractivity contribution in [3.8, 4) is 0 Å². The summed E-state index contributed by atoms with van der Waals surface area (Å²) in [6.07, 6.45) is 3.34. The number of amides is 1. The molecular weight excluding hydrogens is 330 g/mol. The van der Waals surface area contributed by atoms with Crippen molar-refractivity contribution in [3.63, 3.8) is 0 Å². The van der Waals surface area contributed by atoms with Crippen LogP contribution in [0.15, 0.2) is 48.8 Å². The second-order valence-electron chi connectivity index (χ2n) is 5.12. The minimum absolute atomic E-state index is 0.265. The number of nitrogens with zero attached hydrogens (tertiary/aromatic N) is 4. The first kappa shape index (κ1) is 16.2. The summed E-state index contributed by atoms with van der Waals surface area (Å²) in [6.45, 7) is 0.846.